The molecule has 134 valence electrons. The normalized spacial score (nSPS) is 15.2. The van der Waals surface area contributed by atoms with E-state index in [1.54, 1.807) is 7.05 Å². The summed E-state index contributed by atoms with van der Waals surface area (Å²) in [5.41, 5.74) is 0. The third-order valence-corrected chi connectivity index (χ3v) is 5.17. The number of halogens is 1. The predicted molar refractivity (Wildman–Crippen MR) is 112 cm³/mol. The molecule has 24 heavy (non-hydrogen) atoms. The number of rotatable bonds is 8. The first-order valence-electron chi connectivity index (χ1n) is 8.13. The van der Waals surface area contributed by atoms with Crippen LogP contribution in [0.1, 0.15) is 26.2 Å². The zero-order valence-corrected chi connectivity index (χ0v) is 17.4. The summed E-state index contributed by atoms with van der Waals surface area (Å²) < 4.78 is 0.253. The summed E-state index contributed by atoms with van der Waals surface area (Å²) in [5, 5.41) is 9.24. The van der Waals surface area contributed by atoms with Crippen molar-refractivity contribution in [3.8, 4) is 0 Å². The van der Waals surface area contributed by atoms with Crippen LogP contribution in [0.4, 0.5) is 0 Å². The minimum absolute atomic E-state index is 0. The molecule has 0 bridgehead atoms. The average molecular weight is 462 g/mol. The molecule has 0 radical (unpaired) electrons. The van der Waals surface area contributed by atoms with Gasteiger partial charge in [-0.15, -0.1) is 35.7 Å². The van der Waals surface area contributed by atoms with Crippen LogP contribution in [0, 0.1) is 0 Å². The number of thioether (sulfide) groups is 1. The minimum atomic E-state index is -0.00500. The SMILES string of the molecule is CCCNC(=O)CNC(=NC)NCC1(Sc2ccccc2)CC1.I. The zero-order valence-electron chi connectivity index (χ0n) is 14.3. The number of aliphatic imine (C=N–C) groups is 1. The second kappa shape index (κ2) is 10.8. The molecule has 0 heterocycles. The molecule has 1 amide bonds. The van der Waals surface area contributed by atoms with Gasteiger partial charge in [-0.05, 0) is 31.4 Å². The molecule has 1 fully saturated rings. The van der Waals surface area contributed by atoms with Gasteiger partial charge in [0.25, 0.3) is 0 Å². The standard InChI is InChI=1S/C17H26N4OS.HI/c1-3-11-19-15(22)12-20-16(18-2)21-13-17(9-10-17)23-14-7-5-4-6-8-14;/h4-8H,3,9-13H2,1-2H3,(H,19,22)(H2,18,20,21);1H. The van der Waals surface area contributed by atoms with Gasteiger partial charge in [-0.3, -0.25) is 9.79 Å². The number of hydrogen-bond donors (Lipinski definition) is 3. The first-order chi connectivity index (χ1) is 11.2. The Morgan fingerprint density at radius 1 is 1.21 bits per heavy atom. The largest absolute Gasteiger partial charge is 0.355 e. The van der Waals surface area contributed by atoms with E-state index in [9.17, 15) is 4.79 Å². The molecule has 1 aromatic carbocycles. The Kier molecular flexibility index (Phi) is 9.50. The van der Waals surface area contributed by atoms with Gasteiger partial charge in [-0.1, -0.05) is 25.1 Å². The van der Waals surface area contributed by atoms with E-state index in [1.165, 1.54) is 17.7 Å². The van der Waals surface area contributed by atoms with Gasteiger partial charge in [-0.2, -0.15) is 0 Å². The number of nitrogens with zero attached hydrogens (tertiary/aromatic N) is 1. The van der Waals surface area contributed by atoms with Gasteiger partial charge in [-0.25, -0.2) is 0 Å². The number of guanidine groups is 1. The van der Waals surface area contributed by atoms with Crippen LogP contribution in [0.5, 0.6) is 0 Å². The van der Waals surface area contributed by atoms with Crippen molar-refractivity contribution >= 4 is 47.6 Å². The Morgan fingerprint density at radius 2 is 1.92 bits per heavy atom. The molecule has 2 rings (SSSR count). The van der Waals surface area contributed by atoms with Crippen LogP contribution < -0.4 is 16.0 Å². The molecule has 7 heteroatoms. The average Bonchev–Trinajstić information content (AvgIpc) is 3.33. The molecule has 1 aromatic rings. The van der Waals surface area contributed by atoms with Crippen molar-refractivity contribution in [1.29, 1.82) is 0 Å². The quantitative estimate of drug-likeness (QED) is 0.316. The van der Waals surface area contributed by atoms with Gasteiger partial charge in [0, 0.05) is 29.8 Å². The zero-order chi connectivity index (χ0) is 16.5. The lowest BCUT2D eigenvalue weighted by atomic mass is 10.4. The molecule has 0 unspecified atom stereocenters. The van der Waals surface area contributed by atoms with E-state index in [1.807, 2.05) is 24.8 Å². The number of nitrogens with one attached hydrogen (secondary N) is 3. The summed E-state index contributed by atoms with van der Waals surface area (Å²) in [5.74, 6) is 0.672. The Balaban J connectivity index is 0.00000288. The predicted octanol–water partition coefficient (Wildman–Crippen LogP) is 2.62. The first kappa shape index (κ1) is 21.1. The molecular formula is C17H27IN4OS. The number of benzene rings is 1. The van der Waals surface area contributed by atoms with E-state index in [0.29, 0.717) is 12.5 Å². The maximum absolute atomic E-state index is 11.6. The second-order valence-electron chi connectivity index (χ2n) is 5.73. The molecule has 1 aliphatic rings. The summed E-state index contributed by atoms with van der Waals surface area (Å²) in [7, 11) is 1.73. The lowest BCUT2D eigenvalue weighted by molar-refractivity contribution is -0.120. The smallest absolute Gasteiger partial charge is 0.239 e. The molecule has 0 saturated heterocycles. The fourth-order valence-electron chi connectivity index (χ4n) is 2.15. The summed E-state index contributed by atoms with van der Waals surface area (Å²) in [6.45, 7) is 3.85. The summed E-state index contributed by atoms with van der Waals surface area (Å²) >= 11 is 1.92. The Morgan fingerprint density at radius 3 is 2.50 bits per heavy atom. The number of amides is 1. The highest BCUT2D eigenvalue weighted by Gasteiger charge is 2.43. The van der Waals surface area contributed by atoms with Crippen molar-refractivity contribution < 1.29 is 4.79 Å². The number of carbonyl (C=O) groups excluding carboxylic acids is 1. The third-order valence-electron chi connectivity index (χ3n) is 3.68. The second-order valence-corrected chi connectivity index (χ2v) is 7.27. The molecule has 1 saturated carbocycles. The topological polar surface area (TPSA) is 65.5 Å². The fraction of sp³-hybridized carbons (Fsp3) is 0.529. The molecule has 0 aliphatic heterocycles. The molecule has 3 N–H and O–H groups in total. The lowest BCUT2D eigenvalue weighted by Gasteiger charge is -2.18. The van der Waals surface area contributed by atoms with E-state index < -0.39 is 0 Å². The van der Waals surface area contributed by atoms with E-state index in [0.717, 1.165) is 13.0 Å². The van der Waals surface area contributed by atoms with Crippen molar-refractivity contribution in [3.63, 3.8) is 0 Å². The van der Waals surface area contributed by atoms with Crippen LogP contribution >= 0.6 is 35.7 Å². The summed E-state index contributed by atoms with van der Waals surface area (Å²) in [6, 6.07) is 10.5. The van der Waals surface area contributed by atoms with E-state index in [2.05, 4.69) is 45.2 Å². The fourth-order valence-corrected chi connectivity index (χ4v) is 3.39. The molecule has 5 nitrogen and oxygen atoms in total. The van der Waals surface area contributed by atoms with Crippen LogP contribution in [0.15, 0.2) is 40.2 Å². The molecule has 1 aliphatic carbocycles. The maximum atomic E-state index is 11.6. The molecule has 0 spiro atoms. The van der Waals surface area contributed by atoms with Crippen LogP contribution in [-0.4, -0.2) is 43.3 Å². The van der Waals surface area contributed by atoms with Gasteiger partial charge in [0.2, 0.25) is 5.91 Å². The Hall–Kier alpha value is -0.960. The summed E-state index contributed by atoms with van der Waals surface area (Å²) in [6.07, 6.45) is 3.35. The minimum Gasteiger partial charge on any atom is -0.355 e. The van der Waals surface area contributed by atoms with Crippen LogP contribution in [0.3, 0.4) is 0 Å². The summed E-state index contributed by atoms with van der Waals surface area (Å²) in [4.78, 5) is 17.1. The molecule has 0 atom stereocenters. The van der Waals surface area contributed by atoms with Crippen molar-refractivity contribution in [3.05, 3.63) is 30.3 Å². The highest BCUT2D eigenvalue weighted by atomic mass is 127. The highest BCUT2D eigenvalue weighted by Crippen LogP contribution is 2.51. The lowest BCUT2D eigenvalue weighted by Crippen LogP contribution is -2.45. The van der Waals surface area contributed by atoms with Crippen molar-refractivity contribution in [1.82, 2.24) is 16.0 Å². The van der Waals surface area contributed by atoms with Gasteiger partial charge < -0.3 is 16.0 Å². The van der Waals surface area contributed by atoms with E-state index in [4.69, 9.17) is 0 Å². The Bertz CT molecular complexity index is 535. The van der Waals surface area contributed by atoms with E-state index in [-0.39, 0.29) is 41.2 Å². The number of hydrogen-bond acceptors (Lipinski definition) is 3. The van der Waals surface area contributed by atoms with Crippen molar-refractivity contribution in [2.75, 3.05) is 26.7 Å². The first-order valence-corrected chi connectivity index (χ1v) is 8.94. The van der Waals surface area contributed by atoms with Gasteiger partial charge in [0.15, 0.2) is 5.96 Å². The van der Waals surface area contributed by atoms with Gasteiger partial charge >= 0.3 is 0 Å². The molecule has 0 aromatic heterocycles. The van der Waals surface area contributed by atoms with Gasteiger partial charge in [0.05, 0.1) is 6.54 Å². The van der Waals surface area contributed by atoms with Crippen LogP contribution in [0.25, 0.3) is 0 Å². The van der Waals surface area contributed by atoms with Gasteiger partial charge in [0.1, 0.15) is 0 Å². The Labute approximate surface area is 165 Å². The van der Waals surface area contributed by atoms with Crippen LogP contribution in [-0.2, 0) is 4.79 Å². The third kappa shape index (κ3) is 7.29. The maximum Gasteiger partial charge on any atom is 0.239 e. The molecular weight excluding hydrogens is 435 g/mol. The number of carbonyl (C=O) groups is 1. The van der Waals surface area contributed by atoms with Crippen molar-refractivity contribution in [2.45, 2.75) is 35.8 Å². The van der Waals surface area contributed by atoms with Crippen molar-refractivity contribution in [2.24, 2.45) is 4.99 Å². The van der Waals surface area contributed by atoms with Crippen LogP contribution in [0.2, 0.25) is 0 Å². The monoisotopic (exact) mass is 462 g/mol. The van der Waals surface area contributed by atoms with E-state index >= 15 is 0 Å². The highest BCUT2D eigenvalue weighted by molar-refractivity contribution is 14.0.